The van der Waals surface area contributed by atoms with Gasteiger partial charge in [0.1, 0.15) is 47.1 Å². The number of alkyl carbamates (subject to hydrolysis) is 1. The summed E-state index contributed by atoms with van der Waals surface area (Å²) in [6, 6.07) is 12.3. The number of rotatable bonds is 40. The van der Waals surface area contributed by atoms with E-state index in [-0.39, 0.29) is 129 Å². The van der Waals surface area contributed by atoms with Gasteiger partial charge in [-0.05, 0) is 131 Å². The van der Waals surface area contributed by atoms with Gasteiger partial charge in [0, 0.05) is 84.3 Å². The second kappa shape index (κ2) is 44.5. The number of urea groups is 1. The molecule has 1 saturated heterocycles. The molecule has 102 heavy (non-hydrogen) atoms. The molecule has 2 aliphatic rings. The largest absolute Gasteiger partial charge is 0.459 e. The molecule has 576 valence electrons. The number of fused-ring (bicyclic) bond motifs is 3. The molecular formula is C73H120N10O19. The number of carbonyl (C=O) groups excluding carboxylic acids is 9. The van der Waals surface area contributed by atoms with Crippen LogP contribution in [-0.2, 0) is 80.9 Å². The van der Waals surface area contributed by atoms with Gasteiger partial charge in [0.15, 0.2) is 0 Å². The molecule has 4 rings (SSSR count). The Bertz CT molecular complexity index is 2840. The third-order valence-corrected chi connectivity index (χ3v) is 15.7. The average Bonchev–Trinajstić information content (AvgIpc) is 1.62. The first kappa shape index (κ1) is 87.3. The highest BCUT2D eigenvalue weighted by Gasteiger charge is 2.35. The molecule has 0 aromatic heterocycles. The maximum absolute atomic E-state index is 14.2. The Balaban J connectivity index is 1.15. The van der Waals surface area contributed by atoms with Crippen molar-refractivity contribution < 1.29 is 90.5 Å². The van der Waals surface area contributed by atoms with Gasteiger partial charge >= 0.3 is 36.0 Å². The van der Waals surface area contributed by atoms with E-state index in [4.69, 9.17) is 53.1 Å². The molecule has 1 unspecified atom stereocenters. The van der Waals surface area contributed by atoms with Gasteiger partial charge in [0.05, 0.1) is 85.7 Å². The van der Waals surface area contributed by atoms with Crippen LogP contribution < -0.4 is 32.3 Å². The highest BCUT2D eigenvalue weighted by Crippen LogP contribution is 2.44. The fourth-order valence-corrected chi connectivity index (χ4v) is 11.1. The predicted octanol–water partition coefficient (Wildman–Crippen LogP) is 4.54. The average molecular weight is 1440 g/mol. The molecule has 1 heterocycles. The van der Waals surface area contributed by atoms with Gasteiger partial charge in [-0.3, -0.25) is 53.2 Å². The summed E-state index contributed by atoms with van der Waals surface area (Å²) < 4.78 is 57.0. The van der Waals surface area contributed by atoms with Crippen molar-refractivity contribution in [3.05, 3.63) is 59.7 Å². The summed E-state index contributed by atoms with van der Waals surface area (Å²) in [7, 11) is 0. The van der Waals surface area contributed by atoms with Crippen LogP contribution in [0.2, 0.25) is 0 Å². The Labute approximate surface area is 603 Å². The van der Waals surface area contributed by atoms with Gasteiger partial charge in [-0.1, -0.05) is 62.4 Å². The second-order valence-corrected chi connectivity index (χ2v) is 29.6. The minimum Gasteiger partial charge on any atom is -0.459 e. The third kappa shape index (κ3) is 36.9. The summed E-state index contributed by atoms with van der Waals surface area (Å²) in [4.78, 5) is 127. The summed E-state index contributed by atoms with van der Waals surface area (Å²) in [6.07, 6.45) is -0.187. The van der Waals surface area contributed by atoms with E-state index < -0.39 is 88.3 Å². The first-order valence-corrected chi connectivity index (χ1v) is 35.7. The van der Waals surface area contributed by atoms with E-state index in [1.54, 1.807) is 96.9 Å². The van der Waals surface area contributed by atoms with E-state index in [0.717, 1.165) is 22.3 Å². The van der Waals surface area contributed by atoms with Crippen molar-refractivity contribution in [2.45, 2.75) is 169 Å². The molecule has 2 aromatic rings. The number of primary amides is 1. The minimum absolute atomic E-state index is 0.0148. The van der Waals surface area contributed by atoms with Crippen molar-refractivity contribution in [2.75, 3.05) is 164 Å². The summed E-state index contributed by atoms with van der Waals surface area (Å²) in [6.45, 7) is 30.9. The molecule has 6 amide bonds. The number of amides is 6. The van der Waals surface area contributed by atoms with Gasteiger partial charge in [-0.15, -0.1) is 0 Å². The second-order valence-electron chi connectivity index (χ2n) is 29.6. The number of nitrogens with two attached hydrogens (primary N) is 1. The number of nitrogens with zero attached hydrogens (tertiary/aromatic N) is 4. The quantitative estimate of drug-likeness (QED) is 0.0303. The van der Waals surface area contributed by atoms with E-state index in [1.807, 2.05) is 68.1 Å². The Morgan fingerprint density at radius 1 is 0.480 bits per heavy atom. The predicted molar refractivity (Wildman–Crippen MR) is 383 cm³/mol. The summed E-state index contributed by atoms with van der Waals surface area (Å²) in [5.41, 5.74) is 6.49. The van der Waals surface area contributed by atoms with Gasteiger partial charge in [0.25, 0.3) is 0 Å². The molecule has 7 N–H and O–H groups in total. The lowest BCUT2D eigenvalue weighted by Crippen LogP contribution is -2.55. The number of ether oxygens (including phenoxy) is 10. The first-order chi connectivity index (χ1) is 48.1. The standard InChI is InChI=1S/C73H120N10O19/c1-52(2)64(79-69(92)98-51-57-55-22-17-15-20-53(55)54-21-16-18-23-56(54)57)66(89)78-58(24-19-27-77-68(74)91)65(88)76-29-39-94-41-43-96-45-47-97-46-44-95-42-40-93-38-28-75-60(84)26-25-59(67(90)102-73(12,13)14)83-36-34-81(49-62(86)100-71(6,7)8)32-30-80(48-61(85)99-70(3,4)5)31-33-82(35-37-83)50-63(87)101-72(9,10)11/h15-18,20-23,52,57-59,64H,19,24-51H2,1-14H3,(H,75,84)(H,76,88)(H,78,89)(H,79,92)(H3,74,77,91)/t58-,59?,64-/m1/s1. The number of hydrogen-bond acceptors (Lipinski definition) is 23. The minimum atomic E-state index is -1.02. The van der Waals surface area contributed by atoms with Crippen LogP contribution in [0, 0.1) is 5.92 Å². The van der Waals surface area contributed by atoms with E-state index in [2.05, 4.69) is 26.6 Å². The zero-order chi connectivity index (χ0) is 75.5. The molecular weight excluding hydrogens is 1320 g/mol. The molecule has 1 aliphatic heterocycles. The van der Waals surface area contributed by atoms with Crippen LogP contribution in [0.15, 0.2) is 48.5 Å². The molecule has 29 nitrogen and oxygen atoms in total. The number of nitrogens with one attached hydrogen (secondary N) is 5. The van der Waals surface area contributed by atoms with Crippen LogP contribution in [0.5, 0.6) is 0 Å². The molecule has 3 atom stereocenters. The molecule has 1 fully saturated rings. The van der Waals surface area contributed by atoms with Crippen LogP contribution in [0.25, 0.3) is 11.1 Å². The SMILES string of the molecule is CC(C)[C@@H](NC(=O)OCC1c2ccccc2-c2ccccc21)C(=O)N[C@H](CCCNC(N)=O)C(=O)NCCOCCOCCOCCOCCOCCNC(=O)CCC(C(=O)OC(C)(C)C)N1CCN(CC(=O)OC(C)(C)C)CCN(CC(=O)OC(C)(C)C)CCN(CC(=O)OC(C)(C)C)CC1. The van der Waals surface area contributed by atoms with Crippen LogP contribution in [0.1, 0.15) is 140 Å². The van der Waals surface area contributed by atoms with Crippen LogP contribution >= 0.6 is 0 Å². The van der Waals surface area contributed by atoms with Crippen molar-refractivity contribution >= 4 is 53.7 Å². The number of benzene rings is 2. The maximum Gasteiger partial charge on any atom is 0.407 e. The molecule has 0 spiro atoms. The molecule has 0 radical (unpaired) electrons. The summed E-state index contributed by atoms with van der Waals surface area (Å²) in [5.74, 6) is -3.66. The Kier molecular flexibility index (Phi) is 38.1. The Hall–Kier alpha value is -7.09. The fraction of sp³-hybridized carbons (Fsp3) is 0.712. The number of carbonyl (C=O) groups is 9. The lowest BCUT2D eigenvalue weighted by Gasteiger charge is -2.37. The van der Waals surface area contributed by atoms with Crippen LogP contribution in [0.4, 0.5) is 9.59 Å². The number of esters is 4. The third-order valence-electron chi connectivity index (χ3n) is 15.7. The normalized spacial score (nSPS) is 15.6. The van der Waals surface area contributed by atoms with Gasteiger partial charge in [0.2, 0.25) is 17.7 Å². The lowest BCUT2D eigenvalue weighted by atomic mass is 9.98. The monoisotopic (exact) mass is 1440 g/mol. The highest BCUT2D eigenvalue weighted by atomic mass is 16.6. The van der Waals surface area contributed by atoms with Crippen LogP contribution in [0.3, 0.4) is 0 Å². The molecule has 29 heteroatoms. The van der Waals surface area contributed by atoms with Crippen molar-refractivity contribution in [2.24, 2.45) is 11.7 Å². The van der Waals surface area contributed by atoms with Crippen molar-refractivity contribution in [3.63, 3.8) is 0 Å². The highest BCUT2D eigenvalue weighted by molar-refractivity contribution is 5.91. The zero-order valence-corrected chi connectivity index (χ0v) is 63.1. The first-order valence-electron chi connectivity index (χ1n) is 35.7. The maximum atomic E-state index is 14.2. The van der Waals surface area contributed by atoms with Crippen molar-refractivity contribution in [1.82, 2.24) is 46.2 Å². The van der Waals surface area contributed by atoms with Crippen molar-refractivity contribution in [3.8, 4) is 11.1 Å². The van der Waals surface area contributed by atoms with Crippen molar-refractivity contribution in [1.29, 1.82) is 0 Å². The van der Waals surface area contributed by atoms with E-state index in [0.29, 0.717) is 78.7 Å². The van der Waals surface area contributed by atoms with E-state index in [9.17, 15) is 43.2 Å². The van der Waals surface area contributed by atoms with E-state index in [1.165, 1.54) is 0 Å². The number of hydrogen-bond donors (Lipinski definition) is 6. The summed E-state index contributed by atoms with van der Waals surface area (Å²) >= 11 is 0. The topological polar surface area (TPSA) is 345 Å². The van der Waals surface area contributed by atoms with Gasteiger partial charge in [-0.25, -0.2) is 9.59 Å². The van der Waals surface area contributed by atoms with Crippen LogP contribution in [-0.4, -0.2) is 278 Å². The smallest absolute Gasteiger partial charge is 0.407 e. The van der Waals surface area contributed by atoms with E-state index >= 15 is 0 Å². The molecule has 2 aromatic carbocycles. The van der Waals surface area contributed by atoms with Gasteiger partial charge in [-0.2, -0.15) is 0 Å². The molecule has 1 aliphatic carbocycles. The zero-order valence-electron chi connectivity index (χ0n) is 63.1. The Morgan fingerprint density at radius 3 is 1.29 bits per heavy atom. The fourth-order valence-electron chi connectivity index (χ4n) is 11.1. The molecule has 0 saturated carbocycles. The molecule has 0 bridgehead atoms. The Morgan fingerprint density at radius 2 is 0.882 bits per heavy atom. The lowest BCUT2D eigenvalue weighted by molar-refractivity contribution is -0.163. The van der Waals surface area contributed by atoms with Gasteiger partial charge < -0.3 is 79.7 Å². The summed E-state index contributed by atoms with van der Waals surface area (Å²) in [5, 5.41) is 13.6.